The summed E-state index contributed by atoms with van der Waals surface area (Å²) in [7, 11) is 0. The Balaban J connectivity index is 2.56. The first-order valence-electron chi connectivity index (χ1n) is 5.83. The van der Waals surface area contributed by atoms with Crippen molar-refractivity contribution in [3.05, 3.63) is 33.8 Å². The van der Waals surface area contributed by atoms with Crippen LogP contribution in [0, 0.1) is 5.92 Å². The highest BCUT2D eigenvalue weighted by atomic mass is 35.5. The minimum Gasteiger partial charge on any atom is -0.393 e. The van der Waals surface area contributed by atoms with Crippen LogP contribution in [-0.4, -0.2) is 23.7 Å². The highest BCUT2D eigenvalue weighted by Gasteiger charge is 2.15. The number of aliphatic hydroxyl groups is 1. The topological polar surface area (TPSA) is 49.3 Å². The lowest BCUT2D eigenvalue weighted by Gasteiger charge is -2.15. The van der Waals surface area contributed by atoms with Gasteiger partial charge in [-0.25, -0.2) is 0 Å². The molecule has 1 aromatic rings. The monoisotopic (exact) mass is 289 g/mol. The van der Waals surface area contributed by atoms with Crippen molar-refractivity contribution in [2.24, 2.45) is 5.92 Å². The SMILES string of the molecule is CC(C)C(O)CCNC(=O)c1c(Cl)cccc1Cl. The third kappa shape index (κ3) is 4.16. The predicted octanol–water partition coefficient (Wildman–Crippen LogP) is 3.13. The van der Waals surface area contributed by atoms with Crippen LogP contribution in [0.5, 0.6) is 0 Å². The average molecular weight is 290 g/mol. The van der Waals surface area contributed by atoms with Crippen molar-refractivity contribution >= 4 is 29.1 Å². The Morgan fingerprint density at radius 1 is 1.33 bits per heavy atom. The van der Waals surface area contributed by atoms with Crippen LogP contribution in [0.4, 0.5) is 0 Å². The summed E-state index contributed by atoms with van der Waals surface area (Å²) < 4.78 is 0. The fraction of sp³-hybridized carbons (Fsp3) is 0.462. The average Bonchev–Trinajstić information content (AvgIpc) is 2.28. The third-order valence-corrected chi connectivity index (χ3v) is 3.31. The molecule has 0 heterocycles. The summed E-state index contributed by atoms with van der Waals surface area (Å²) in [5, 5.41) is 13.0. The van der Waals surface area contributed by atoms with E-state index in [1.165, 1.54) is 0 Å². The minimum atomic E-state index is -0.424. The van der Waals surface area contributed by atoms with Gasteiger partial charge in [-0.1, -0.05) is 43.1 Å². The van der Waals surface area contributed by atoms with Crippen molar-refractivity contribution in [2.45, 2.75) is 26.4 Å². The number of carbonyl (C=O) groups is 1. The van der Waals surface area contributed by atoms with Crippen LogP contribution in [0.1, 0.15) is 30.6 Å². The van der Waals surface area contributed by atoms with E-state index in [4.69, 9.17) is 23.2 Å². The van der Waals surface area contributed by atoms with Crippen molar-refractivity contribution < 1.29 is 9.90 Å². The smallest absolute Gasteiger partial charge is 0.254 e. The maximum atomic E-state index is 11.9. The summed E-state index contributed by atoms with van der Waals surface area (Å²) in [6.07, 6.45) is 0.0814. The molecule has 5 heteroatoms. The van der Waals surface area contributed by atoms with Crippen molar-refractivity contribution in [3.63, 3.8) is 0 Å². The molecule has 0 aliphatic rings. The standard InChI is InChI=1S/C13H17Cl2NO2/c1-8(2)11(17)6-7-16-13(18)12-9(14)4-3-5-10(12)15/h3-5,8,11,17H,6-7H2,1-2H3,(H,16,18). The molecule has 0 saturated heterocycles. The molecule has 3 nitrogen and oxygen atoms in total. The Morgan fingerprint density at radius 2 is 1.89 bits per heavy atom. The normalized spacial score (nSPS) is 12.6. The van der Waals surface area contributed by atoms with E-state index in [0.29, 0.717) is 23.0 Å². The minimum absolute atomic E-state index is 0.172. The fourth-order valence-electron chi connectivity index (χ4n) is 1.47. The molecule has 1 aromatic carbocycles. The number of aliphatic hydroxyl groups excluding tert-OH is 1. The number of hydrogen-bond donors (Lipinski definition) is 2. The van der Waals surface area contributed by atoms with Crippen LogP contribution in [-0.2, 0) is 0 Å². The van der Waals surface area contributed by atoms with Crippen LogP contribution in [0.15, 0.2) is 18.2 Å². The van der Waals surface area contributed by atoms with E-state index >= 15 is 0 Å². The van der Waals surface area contributed by atoms with Crippen molar-refractivity contribution in [2.75, 3.05) is 6.54 Å². The lowest BCUT2D eigenvalue weighted by atomic mass is 10.0. The molecular weight excluding hydrogens is 273 g/mol. The highest BCUT2D eigenvalue weighted by molar-refractivity contribution is 6.39. The molecule has 1 atom stereocenters. The quantitative estimate of drug-likeness (QED) is 0.875. The molecule has 100 valence electrons. The van der Waals surface area contributed by atoms with E-state index in [1.54, 1.807) is 18.2 Å². The van der Waals surface area contributed by atoms with Gasteiger partial charge in [-0.2, -0.15) is 0 Å². The van der Waals surface area contributed by atoms with Gasteiger partial charge in [-0.05, 0) is 24.5 Å². The maximum absolute atomic E-state index is 11.9. The zero-order valence-electron chi connectivity index (χ0n) is 10.4. The molecule has 0 bridgehead atoms. The lowest BCUT2D eigenvalue weighted by Crippen LogP contribution is -2.29. The molecule has 0 aliphatic heterocycles. The molecule has 18 heavy (non-hydrogen) atoms. The van der Waals surface area contributed by atoms with E-state index in [9.17, 15) is 9.90 Å². The second kappa shape index (κ2) is 6.98. The Labute approximate surface area is 117 Å². The van der Waals surface area contributed by atoms with E-state index in [-0.39, 0.29) is 17.4 Å². The van der Waals surface area contributed by atoms with Gasteiger partial charge < -0.3 is 10.4 Å². The van der Waals surface area contributed by atoms with Gasteiger partial charge in [0.2, 0.25) is 0 Å². The van der Waals surface area contributed by atoms with Crippen molar-refractivity contribution in [1.29, 1.82) is 0 Å². The first kappa shape index (κ1) is 15.3. The van der Waals surface area contributed by atoms with E-state index in [0.717, 1.165) is 0 Å². The van der Waals surface area contributed by atoms with Gasteiger partial charge in [0.25, 0.3) is 5.91 Å². The Hall–Kier alpha value is -0.770. The second-order valence-electron chi connectivity index (χ2n) is 4.45. The van der Waals surface area contributed by atoms with Crippen LogP contribution in [0.25, 0.3) is 0 Å². The van der Waals surface area contributed by atoms with E-state index < -0.39 is 6.10 Å². The van der Waals surface area contributed by atoms with Gasteiger partial charge in [0.15, 0.2) is 0 Å². The van der Waals surface area contributed by atoms with Gasteiger partial charge in [-0.15, -0.1) is 0 Å². The molecular formula is C13H17Cl2NO2. The number of amides is 1. The molecule has 0 radical (unpaired) electrons. The zero-order valence-corrected chi connectivity index (χ0v) is 11.9. The number of hydrogen-bond acceptors (Lipinski definition) is 2. The largest absolute Gasteiger partial charge is 0.393 e. The zero-order chi connectivity index (χ0) is 13.7. The molecule has 0 fully saturated rings. The van der Waals surface area contributed by atoms with Crippen molar-refractivity contribution in [1.82, 2.24) is 5.32 Å². The third-order valence-electron chi connectivity index (χ3n) is 2.69. The summed E-state index contributed by atoms with van der Waals surface area (Å²) in [6.45, 7) is 4.24. The van der Waals surface area contributed by atoms with E-state index in [2.05, 4.69) is 5.32 Å². The van der Waals surface area contributed by atoms with Crippen LogP contribution in [0.3, 0.4) is 0 Å². The van der Waals surface area contributed by atoms with Gasteiger partial charge in [-0.3, -0.25) is 4.79 Å². The Kier molecular flexibility index (Phi) is 5.93. The lowest BCUT2D eigenvalue weighted by molar-refractivity contribution is 0.0920. The summed E-state index contributed by atoms with van der Waals surface area (Å²) in [4.78, 5) is 11.9. The first-order chi connectivity index (χ1) is 8.43. The number of halogens is 2. The van der Waals surface area contributed by atoms with Gasteiger partial charge in [0.1, 0.15) is 0 Å². The van der Waals surface area contributed by atoms with Gasteiger partial charge in [0.05, 0.1) is 21.7 Å². The van der Waals surface area contributed by atoms with Gasteiger partial charge in [0, 0.05) is 6.54 Å². The summed E-state index contributed by atoms with van der Waals surface area (Å²) in [5.41, 5.74) is 0.278. The highest BCUT2D eigenvalue weighted by Crippen LogP contribution is 2.23. The number of carbonyl (C=O) groups excluding carboxylic acids is 1. The predicted molar refractivity (Wildman–Crippen MR) is 74.3 cm³/mol. The number of rotatable bonds is 5. The molecule has 1 unspecified atom stereocenters. The summed E-state index contributed by atoms with van der Waals surface area (Å²) >= 11 is 11.8. The van der Waals surface area contributed by atoms with E-state index in [1.807, 2.05) is 13.8 Å². The number of benzene rings is 1. The first-order valence-corrected chi connectivity index (χ1v) is 6.59. The van der Waals surface area contributed by atoms with Gasteiger partial charge >= 0.3 is 0 Å². The molecule has 2 N–H and O–H groups in total. The molecule has 0 spiro atoms. The molecule has 0 aromatic heterocycles. The number of nitrogens with one attached hydrogen (secondary N) is 1. The maximum Gasteiger partial charge on any atom is 0.254 e. The molecule has 0 aliphatic carbocycles. The van der Waals surface area contributed by atoms with Crippen LogP contribution >= 0.6 is 23.2 Å². The summed E-state index contributed by atoms with van der Waals surface area (Å²) in [5.74, 6) is -0.146. The molecule has 1 amide bonds. The van der Waals surface area contributed by atoms with Crippen LogP contribution in [0.2, 0.25) is 10.0 Å². The van der Waals surface area contributed by atoms with Crippen LogP contribution < -0.4 is 5.32 Å². The summed E-state index contributed by atoms with van der Waals surface area (Å²) in [6, 6.07) is 4.92. The Bertz CT molecular complexity index is 401. The fourth-order valence-corrected chi connectivity index (χ4v) is 2.04. The Morgan fingerprint density at radius 3 is 2.39 bits per heavy atom. The second-order valence-corrected chi connectivity index (χ2v) is 5.27. The molecule has 1 rings (SSSR count). The van der Waals surface area contributed by atoms with Crippen molar-refractivity contribution in [3.8, 4) is 0 Å². The molecule has 0 saturated carbocycles.